The Hall–Kier alpha value is -0.630. The van der Waals surface area contributed by atoms with Crippen LogP contribution >= 0.6 is 0 Å². The Morgan fingerprint density at radius 1 is 1.17 bits per heavy atom. The molecule has 7 atom stereocenters. The first-order valence-corrected chi connectivity index (χ1v) is 9.75. The van der Waals surface area contributed by atoms with Gasteiger partial charge in [-0.05, 0) is 86.9 Å². The summed E-state index contributed by atoms with van der Waals surface area (Å²) in [6, 6.07) is 0. The van der Waals surface area contributed by atoms with Crippen LogP contribution in [-0.2, 0) is 4.79 Å². The quantitative estimate of drug-likeness (QED) is 0.722. The minimum atomic E-state index is -0.0762. The van der Waals surface area contributed by atoms with E-state index in [1.165, 1.54) is 19.3 Å². The first-order valence-electron chi connectivity index (χ1n) is 9.75. The predicted octanol–water partition coefficient (Wildman–Crippen LogP) is 4.52. The number of hydrogen-bond donors (Lipinski definition) is 1. The molecule has 4 aliphatic rings. The highest BCUT2D eigenvalue weighted by Crippen LogP contribution is 2.65. The van der Waals surface area contributed by atoms with Gasteiger partial charge in [0, 0.05) is 5.92 Å². The second-order valence-corrected chi connectivity index (χ2v) is 9.44. The summed E-state index contributed by atoms with van der Waals surface area (Å²) in [7, 11) is 0. The average Bonchev–Trinajstić information content (AvgIpc) is 2.85. The fourth-order valence-corrected chi connectivity index (χ4v) is 7.17. The molecule has 4 rings (SSSR count). The number of rotatable bonds is 1. The van der Waals surface area contributed by atoms with Crippen molar-refractivity contribution in [1.29, 1.82) is 0 Å². The number of fused-ring (bicyclic) bond motifs is 5. The molecule has 3 fully saturated rings. The highest BCUT2D eigenvalue weighted by atomic mass is 16.3. The van der Waals surface area contributed by atoms with Gasteiger partial charge in [0.25, 0.3) is 0 Å². The minimum Gasteiger partial charge on any atom is -0.393 e. The molecule has 0 radical (unpaired) electrons. The van der Waals surface area contributed by atoms with Crippen LogP contribution in [0.4, 0.5) is 0 Å². The van der Waals surface area contributed by atoms with E-state index in [1.807, 2.05) is 0 Å². The molecule has 0 aromatic carbocycles. The maximum absolute atomic E-state index is 12.1. The third kappa shape index (κ3) is 2.13. The van der Waals surface area contributed by atoms with Gasteiger partial charge in [-0.2, -0.15) is 0 Å². The molecule has 0 bridgehead atoms. The lowest BCUT2D eigenvalue weighted by molar-refractivity contribution is -0.124. The van der Waals surface area contributed by atoms with Gasteiger partial charge in [0.15, 0.2) is 0 Å². The number of carbonyl (C=O) groups is 1. The summed E-state index contributed by atoms with van der Waals surface area (Å²) >= 11 is 0. The SMILES string of the molecule is CC(=O)[C@H]1CCC2C3CC[C@H]4C[C@H](O)CC[C@]4(C)C3=CC[C@@]21C. The van der Waals surface area contributed by atoms with Crippen LogP contribution in [0.25, 0.3) is 0 Å². The molecule has 3 saturated carbocycles. The second-order valence-electron chi connectivity index (χ2n) is 9.44. The summed E-state index contributed by atoms with van der Waals surface area (Å²) in [5, 5.41) is 10.1. The van der Waals surface area contributed by atoms with Gasteiger partial charge in [-0.15, -0.1) is 0 Å². The van der Waals surface area contributed by atoms with Crippen molar-refractivity contribution in [2.45, 2.75) is 78.2 Å². The first-order chi connectivity index (χ1) is 10.9. The monoisotopic (exact) mass is 316 g/mol. The largest absolute Gasteiger partial charge is 0.393 e. The van der Waals surface area contributed by atoms with Gasteiger partial charge in [0.2, 0.25) is 0 Å². The standard InChI is InChI=1S/C21H32O2/c1-13(22)17-6-7-18-16-5-4-14-12-15(23)8-10-20(14,2)19(16)9-11-21(17,18)3/h9,14-18,23H,4-8,10-12H2,1-3H3/t14-,15+,16?,17+,18?,20-,21+/m0/s1. The van der Waals surface area contributed by atoms with Crippen molar-refractivity contribution in [3.63, 3.8) is 0 Å². The van der Waals surface area contributed by atoms with Crippen molar-refractivity contribution in [2.24, 2.45) is 34.5 Å². The molecule has 0 saturated heterocycles. The molecule has 0 spiro atoms. The third-order valence-corrected chi connectivity index (χ3v) is 8.49. The van der Waals surface area contributed by atoms with E-state index in [9.17, 15) is 9.90 Å². The molecule has 4 aliphatic carbocycles. The summed E-state index contributed by atoms with van der Waals surface area (Å²) < 4.78 is 0. The van der Waals surface area contributed by atoms with E-state index in [1.54, 1.807) is 12.5 Å². The van der Waals surface area contributed by atoms with Crippen LogP contribution in [0.2, 0.25) is 0 Å². The molecule has 0 aromatic heterocycles. The molecule has 0 heterocycles. The summed E-state index contributed by atoms with van der Waals surface area (Å²) in [5.74, 6) is 2.77. The summed E-state index contributed by atoms with van der Waals surface area (Å²) in [4.78, 5) is 12.1. The molecular weight excluding hydrogens is 284 g/mol. The smallest absolute Gasteiger partial charge is 0.133 e. The van der Waals surface area contributed by atoms with Crippen molar-refractivity contribution in [2.75, 3.05) is 0 Å². The van der Waals surface area contributed by atoms with Crippen LogP contribution in [0, 0.1) is 34.5 Å². The van der Waals surface area contributed by atoms with Gasteiger partial charge < -0.3 is 5.11 Å². The van der Waals surface area contributed by atoms with E-state index in [2.05, 4.69) is 19.9 Å². The molecule has 1 N–H and O–H groups in total. The number of ketones is 1. The molecule has 23 heavy (non-hydrogen) atoms. The van der Waals surface area contributed by atoms with E-state index in [-0.39, 0.29) is 17.4 Å². The number of aliphatic hydroxyl groups is 1. The molecule has 0 aliphatic heterocycles. The molecular formula is C21H32O2. The maximum Gasteiger partial charge on any atom is 0.133 e. The third-order valence-electron chi connectivity index (χ3n) is 8.49. The topological polar surface area (TPSA) is 37.3 Å². The minimum absolute atomic E-state index is 0.0762. The molecule has 2 nitrogen and oxygen atoms in total. The number of Topliss-reactive ketones (excluding diaryl/α,β-unsaturated/α-hetero) is 1. The molecule has 2 unspecified atom stereocenters. The van der Waals surface area contributed by atoms with Crippen LogP contribution in [0.5, 0.6) is 0 Å². The van der Waals surface area contributed by atoms with Crippen molar-refractivity contribution in [3.8, 4) is 0 Å². The fraction of sp³-hybridized carbons (Fsp3) is 0.857. The first kappa shape index (κ1) is 15.9. The average molecular weight is 316 g/mol. The zero-order chi connectivity index (χ0) is 16.4. The van der Waals surface area contributed by atoms with Gasteiger partial charge >= 0.3 is 0 Å². The molecule has 0 aromatic rings. The summed E-state index contributed by atoms with van der Waals surface area (Å²) in [6.45, 7) is 6.67. The lowest BCUT2D eigenvalue weighted by atomic mass is 9.48. The normalized spacial score (nSPS) is 52.2. The van der Waals surface area contributed by atoms with E-state index in [4.69, 9.17) is 0 Å². The number of carbonyl (C=O) groups excluding carboxylic acids is 1. The van der Waals surface area contributed by atoms with Crippen LogP contribution in [0.15, 0.2) is 11.6 Å². The summed E-state index contributed by atoms with van der Waals surface area (Å²) in [6.07, 6.45) is 11.6. The number of aliphatic hydroxyl groups excluding tert-OH is 1. The Kier molecular flexibility index (Phi) is 3.58. The van der Waals surface area contributed by atoms with Crippen LogP contribution < -0.4 is 0 Å². The lowest BCUT2D eigenvalue weighted by Crippen LogP contribution is -2.48. The van der Waals surface area contributed by atoms with Gasteiger partial charge in [-0.25, -0.2) is 0 Å². The van der Waals surface area contributed by atoms with Crippen LogP contribution in [0.1, 0.15) is 72.1 Å². The zero-order valence-electron chi connectivity index (χ0n) is 15.0. The Morgan fingerprint density at radius 2 is 1.96 bits per heavy atom. The Balaban J connectivity index is 1.68. The fourth-order valence-electron chi connectivity index (χ4n) is 7.17. The molecule has 2 heteroatoms. The van der Waals surface area contributed by atoms with E-state index < -0.39 is 0 Å². The zero-order valence-corrected chi connectivity index (χ0v) is 15.0. The summed E-state index contributed by atoms with van der Waals surface area (Å²) in [5.41, 5.74) is 2.24. The van der Waals surface area contributed by atoms with Crippen molar-refractivity contribution < 1.29 is 9.90 Å². The number of hydrogen-bond acceptors (Lipinski definition) is 2. The molecule has 128 valence electrons. The highest BCUT2D eigenvalue weighted by molar-refractivity contribution is 5.79. The second kappa shape index (κ2) is 5.18. The molecule has 0 amide bonds. The van der Waals surface area contributed by atoms with Crippen molar-refractivity contribution in [1.82, 2.24) is 0 Å². The Morgan fingerprint density at radius 3 is 2.70 bits per heavy atom. The van der Waals surface area contributed by atoms with Gasteiger partial charge in [0.05, 0.1) is 6.10 Å². The van der Waals surface area contributed by atoms with E-state index in [0.717, 1.165) is 32.1 Å². The van der Waals surface area contributed by atoms with Gasteiger partial charge in [0.1, 0.15) is 5.78 Å². The predicted molar refractivity (Wildman–Crippen MR) is 91.9 cm³/mol. The van der Waals surface area contributed by atoms with Crippen molar-refractivity contribution >= 4 is 5.78 Å². The van der Waals surface area contributed by atoms with Gasteiger partial charge in [-0.1, -0.05) is 25.5 Å². The van der Waals surface area contributed by atoms with Crippen molar-refractivity contribution in [3.05, 3.63) is 11.6 Å². The van der Waals surface area contributed by atoms with Crippen LogP contribution in [0.3, 0.4) is 0 Å². The Labute approximate surface area is 140 Å². The lowest BCUT2D eigenvalue weighted by Gasteiger charge is -2.56. The Bertz CT molecular complexity index is 550. The van der Waals surface area contributed by atoms with E-state index >= 15 is 0 Å². The number of allylic oxidation sites excluding steroid dienone is 2. The van der Waals surface area contributed by atoms with Crippen LogP contribution in [-0.4, -0.2) is 17.0 Å². The maximum atomic E-state index is 12.1. The highest BCUT2D eigenvalue weighted by Gasteiger charge is 2.57. The van der Waals surface area contributed by atoms with Gasteiger partial charge in [-0.3, -0.25) is 4.79 Å². The van der Waals surface area contributed by atoms with E-state index in [0.29, 0.717) is 29.0 Å².